The van der Waals surface area contributed by atoms with Gasteiger partial charge in [0.1, 0.15) is 17.0 Å². The molecule has 1 atom stereocenters. The number of aryl methyl sites for hydroxylation is 1. The molecule has 1 saturated heterocycles. The van der Waals surface area contributed by atoms with E-state index in [1.807, 2.05) is 32.6 Å². The first kappa shape index (κ1) is 27.3. The highest BCUT2D eigenvalue weighted by Gasteiger charge is 2.38. The number of aromatic nitrogens is 4. The third-order valence-electron chi connectivity index (χ3n) is 6.76. The first-order chi connectivity index (χ1) is 19.0. The van der Waals surface area contributed by atoms with Gasteiger partial charge in [-0.3, -0.25) is 14.8 Å². The van der Waals surface area contributed by atoms with Gasteiger partial charge in [0.2, 0.25) is 11.8 Å². The van der Waals surface area contributed by atoms with E-state index < -0.39 is 17.4 Å². The number of nitrogens with one attached hydrogen (secondary N) is 2. The zero-order valence-corrected chi connectivity index (χ0v) is 23.2. The molecule has 1 unspecified atom stereocenters. The van der Waals surface area contributed by atoms with Crippen LogP contribution in [-0.2, 0) is 11.8 Å². The second kappa shape index (κ2) is 10.7. The van der Waals surface area contributed by atoms with Gasteiger partial charge < -0.3 is 24.6 Å². The Hall–Kier alpha value is -4.26. The third-order valence-corrected chi connectivity index (χ3v) is 6.76. The lowest BCUT2D eigenvalue weighted by Gasteiger charge is -2.34. The van der Waals surface area contributed by atoms with Gasteiger partial charge in [-0.2, -0.15) is 10.1 Å². The van der Waals surface area contributed by atoms with E-state index in [-0.39, 0.29) is 34.8 Å². The molecular formula is C27H33FN8O4. The van der Waals surface area contributed by atoms with Gasteiger partial charge >= 0.3 is 6.03 Å². The van der Waals surface area contributed by atoms with Crippen molar-refractivity contribution in [3.05, 3.63) is 41.8 Å². The fourth-order valence-corrected chi connectivity index (χ4v) is 4.81. The average Bonchev–Trinajstić information content (AvgIpc) is 3.27. The molecule has 0 radical (unpaired) electrons. The minimum atomic E-state index is -0.712. The molecule has 2 aromatic heterocycles. The van der Waals surface area contributed by atoms with Gasteiger partial charge in [-0.25, -0.2) is 14.2 Å². The Kier molecular flexibility index (Phi) is 7.32. The van der Waals surface area contributed by atoms with E-state index in [1.54, 1.807) is 30.3 Å². The first-order valence-electron chi connectivity index (χ1n) is 13.2. The Bertz CT molecular complexity index is 1440. The fraction of sp³-hybridized carbons (Fsp3) is 0.444. The maximum Gasteiger partial charge on any atom is 0.324 e. The normalized spacial score (nSPS) is 18.6. The number of ether oxygens (including phenoxy) is 2. The van der Waals surface area contributed by atoms with Gasteiger partial charge in [-0.15, -0.1) is 0 Å². The Morgan fingerprint density at radius 3 is 2.70 bits per heavy atom. The lowest BCUT2D eigenvalue weighted by atomic mass is 10.0. The van der Waals surface area contributed by atoms with Crippen LogP contribution in [0.5, 0.6) is 5.88 Å². The number of urea groups is 1. The highest BCUT2D eigenvalue weighted by atomic mass is 19.1. The molecule has 1 aromatic carbocycles. The number of halogens is 1. The Balaban J connectivity index is 1.55. The molecule has 0 aliphatic carbocycles. The second-order valence-electron chi connectivity index (χ2n) is 10.5. The van der Waals surface area contributed by atoms with Crippen molar-refractivity contribution in [2.45, 2.75) is 39.3 Å². The number of nitrogens with zero attached hydrogens (tertiary/aromatic N) is 6. The molecule has 12 nitrogen and oxygen atoms in total. The van der Waals surface area contributed by atoms with Crippen molar-refractivity contribution in [3.8, 4) is 17.1 Å². The quantitative estimate of drug-likeness (QED) is 0.492. The summed E-state index contributed by atoms with van der Waals surface area (Å²) in [4.78, 5) is 39.3. The highest BCUT2D eigenvalue weighted by molar-refractivity contribution is 6.03. The monoisotopic (exact) mass is 552 g/mol. The van der Waals surface area contributed by atoms with E-state index in [9.17, 15) is 9.59 Å². The van der Waals surface area contributed by atoms with Crippen LogP contribution in [0.15, 0.2) is 30.5 Å². The van der Waals surface area contributed by atoms with Gasteiger partial charge in [-0.1, -0.05) is 6.07 Å². The van der Waals surface area contributed by atoms with Gasteiger partial charge in [0.05, 0.1) is 37.2 Å². The third kappa shape index (κ3) is 5.55. The summed E-state index contributed by atoms with van der Waals surface area (Å²) in [5, 5.41) is 9.12. The summed E-state index contributed by atoms with van der Waals surface area (Å²) >= 11 is 0. The minimum absolute atomic E-state index is 0.0118. The number of likely N-dealkylation sites (N-methyl/N-ethyl adjacent to an activating group) is 1. The fourth-order valence-electron chi connectivity index (χ4n) is 4.81. The molecule has 0 bridgehead atoms. The molecule has 5 rings (SSSR count). The smallest absolute Gasteiger partial charge is 0.324 e. The minimum Gasteiger partial charge on any atom is -0.469 e. The summed E-state index contributed by atoms with van der Waals surface area (Å²) < 4.78 is 28.8. The molecule has 1 fully saturated rings. The second-order valence-corrected chi connectivity index (χ2v) is 10.5. The zero-order valence-electron chi connectivity index (χ0n) is 23.2. The molecular weight excluding hydrogens is 519 g/mol. The van der Waals surface area contributed by atoms with Crippen molar-refractivity contribution in [2.24, 2.45) is 7.05 Å². The average molecular weight is 553 g/mol. The van der Waals surface area contributed by atoms with Crippen LogP contribution in [0.25, 0.3) is 11.3 Å². The number of amides is 3. The topological polar surface area (TPSA) is 127 Å². The summed E-state index contributed by atoms with van der Waals surface area (Å²) in [6, 6.07) is 5.24. The Morgan fingerprint density at radius 1 is 1.23 bits per heavy atom. The van der Waals surface area contributed by atoms with E-state index in [0.29, 0.717) is 50.2 Å². The van der Waals surface area contributed by atoms with E-state index in [2.05, 4.69) is 15.7 Å². The van der Waals surface area contributed by atoms with Crippen LogP contribution < -0.4 is 20.3 Å². The van der Waals surface area contributed by atoms with Gasteiger partial charge in [0, 0.05) is 38.0 Å². The number of anilines is 3. The SMILES string of the molecule is CCN1CC(C)(C)Oc2nc(N3CCOCC3C)nc(-c3ccc(NC(=O)Nc4ccn(C)n4)c(F)c3)c2C1=O. The molecule has 13 heteroatoms. The molecule has 0 spiro atoms. The number of carbonyl (C=O) groups excluding carboxylic acids is 2. The van der Waals surface area contributed by atoms with Crippen LogP contribution >= 0.6 is 0 Å². The van der Waals surface area contributed by atoms with E-state index in [0.717, 1.165) is 0 Å². The van der Waals surface area contributed by atoms with Crippen molar-refractivity contribution in [1.29, 1.82) is 0 Å². The van der Waals surface area contributed by atoms with Crippen molar-refractivity contribution < 1.29 is 23.5 Å². The lowest BCUT2D eigenvalue weighted by Crippen LogP contribution is -2.44. The first-order valence-corrected chi connectivity index (χ1v) is 13.2. The van der Waals surface area contributed by atoms with Crippen molar-refractivity contribution in [3.63, 3.8) is 0 Å². The zero-order chi connectivity index (χ0) is 28.6. The van der Waals surface area contributed by atoms with Crippen LogP contribution in [0.3, 0.4) is 0 Å². The summed E-state index contributed by atoms with van der Waals surface area (Å²) in [5.41, 5.74) is 0.0180. The predicted molar refractivity (Wildman–Crippen MR) is 147 cm³/mol. The number of carbonyl (C=O) groups is 2. The van der Waals surface area contributed by atoms with Gasteiger partial charge in [0.15, 0.2) is 5.82 Å². The van der Waals surface area contributed by atoms with Crippen LogP contribution in [0.1, 0.15) is 38.1 Å². The van der Waals surface area contributed by atoms with Crippen LogP contribution in [0, 0.1) is 5.82 Å². The van der Waals surface area contributed by atoms with Crippen LogP contribution in [-0.4, -0.2) is 81.1 Å². The van der Waals surface area contributed by atoms with Crippen molar-refractivity contribution >= 4 is 29.4 Å². The number of fused-ring (bicyclic) bond motifs is 1. The van der Waals surface area contributed by atoms with Crippen molar-refractivity contribution in [2.75, 3.05) is 48.4 Å². The Labute approximate surface area is 231 Å². The van der Waals surface area contributed by atoms with Crippen LogP contribution in [0.4, 0.5) is 26.6 Å². The molecule has 4 heterocycles. The summed E-state index contributed by atoms with van der Waals surface area (Å²) in [6.07, 6.45) is 1.67. The van der Waals surface area contributed by atoms with Crippen molar-refractivity contribution in [1.82, 2.24) is 24.6 Å². The number of rotatable bonds is 5. The number of hydrogen-bond acceptors (Lipinski definition) is 8. The van der Waals surface area contributed by atoms with E-state index >= 15 is 4.39 Å². The summed E-state index contributed by atoms with van der Waals surface area (Å²) in [7, 11) is 1.72. The number of benzene rings is 1. The highest BCUT2D eigenvalue weighted by Crippen LogP contribution is 2.37. The Morgan fingerprint density at radius 2 is 2.02 bits per heavy atom. The standard InChI is InChI=1S/C27H33FN8O4/c1-6-35-15-27(3,4)40-23-21(24(35)37)22(31-25(32-23)36-11-12-39-14-16(36)2)17-7-8-19(18(28)13-17)29-26(38)30-20-9-10-34(5)33-20/h7-10,13,16H,6,11-12,14-15H2,1-5H3,(H2,29,30,33,38). The summed E-state index contributed by atoms with van der Waals surface area (Å²) in [5.74, 6) is -0.140. The molecule has 40 heavy (non-hydrogen) atoms. The predicted octanol–water partition coefficient (Wildman–Crippen LogP) is 3.52. The van der Waals surface area contributed by atoms with E-state index in [4.69, 9.17) is 19.4 Å². The maximum atomic E-state index is 15.4. The number of morpholine rings is 1. The lowest BCUT2D eigenvalue weighted by molar-refractivity contribution is 0.0541. The van der Waals surface area contributed by atoms with Gasteiger partial charge in [0.25, 0.3) is 5.91 Å². The molecule has 0 saturated carbocycles. The van der Waals surface area contributed by atoms with E-state index in [1.165, 1.54) is 16.8 Å². The molecule has 212 valence electrons. The summed E-state index contributed by atoms with van der Waals surface area (Å²) in [6.45, 7) is 10.0. The molecule has 3 aromatic rings. The largest absolute Gasteiger partial charge is 0.469 e. The maximum absolute atomic E-state index is 15.4. The van der Waals surface area contributed by atoms with Gasteiger partial charge in [-0.05, 0) is 39.8 Å². The molecule has 3 amide bonds. The molecule has 2 aliphatic rings. The molecule has 2 N–H and O–H groups in total. The van der Waals surface area contributed by atoms with Crippen LogP contribution in [0.2, 0.25) is 0 Å². The number of hydrogen-bond donors (Lipinski definition) is 2. The molecule has 2 aliphatic heterocycles.